The Balaban J connectivity index is 2.40. The molecule has 1 N–H and O–H groups in total. The first-order valence-electron chi connectivity index (χ1n) is 4.18. The molecular weight excluding hydrogens is 221 g/mol. The van der Waals surface area contributed by atoms with Gasteiger partial charge in [0.15, 0.2) is 0 Å². The van der Waals surface area contributed by atoms with Crippen LogP contribution in [-0.2, 0) is 6.61 Å². The van der Waals surface area contributed by atoms with Crippen LogP contribution in [0.4, 0.5) is 4.39 Å². The first-order chi connectivity index (χ1) is 7.20. The van der Waals surface area contributed by atoms with Crippen molar-refractivity contribution in [3.63, 3.8) is 0 Å². The van der Waals surface area contributed by atoms with E-state index in [1.165, 1.54) is 22.9 Å². The fourth-order valence-corrected chi connectivity index (χ4v) is 1.30. The molecular formula is C9H7ClFN3O. The second-order valence-corrected chi connectivity index (χ2v) is 3.32. The highest BCUT2D eigenvalue weighted by Crippen LogP contribution is 2.18. The van der Waals surface area contributed by atoms with E-state index in [0.717, 1.165) is 0 Å². The zero-order chi connectivity index (χ0) is 10.8. The van der Waals surface area contributed by atoms with E-state index in [9.17, 15) is 4.39 Å². The number of hydrogen-bond donors (Lipinski definition) is 1. The van der Waals surface area contributed by atoms with Gasteiger partial charge < -0.3 is 5.11 Å². The molecule has 0 aliphatic carbocycles. The van der Waals surface area contributed by atoms with Crippen LogP contribution in [0.2, 0.25) is 5.02 Å². The molecule has 0 aliphatic rings. The number of benzene rings is 1. The smallest absolute Gasteiger partial charge is 0.141 e. The molecule has 2 rings (SSSR count). The zero-order valence-electron chi connectivity index (χ0n) is 7.56. The molecule has 0 atom stereocenters. The molecule has 0 bridgehead atoms. The van der Waals surface area contributed by atoms with Gasteiger partial charge in [0.25, 0.3) is 0 Å². The summed E-state index contributed by atoms with van der Waals surface area (Å²) in [5.41, 5.74) is 1.03. The summed E-state index contributed by atoms with van der Waals surface area (Å²) in [5, 5.41) is 16.3. The maximum absolute atomic E-state index is 12.9. The fraction of sp³-hybridized carbons (Fsp3) is 0.111. The van der Waals surface area contributed by atoms with Gasteiger partial charge >= 0.3 is 0 Å². The molecule has 0 aliphatic heterocycles. The molecule has 0 saturated carbocycles. The predicted octanol–water partition coefficient (Wildman–Crippen LogP) is 1.55. The SMILES string of the molecule is OCc1cn(-c2ccc(F)c(Cl)c2)nn1. The minimum atomic E-state index is -0.483. The fourth-order valence-electron chi connectivity index (χ4n) is 1.12. The molecule has 2 aromatic rings. The Bertz CT molecular complexity index is 486. The monoisotopic (exact) mass is 227 g/mol. The first-order valence-corrected chi connectivity index (χ1v) is 4.56. The van der Waals surface area contributed by atoms with Crippen molar-refractivity contribution in [2.24, 2.45) is 0 Å². The van der Waals surface area contributed by atoms with Crippen molar-refractivity contribution in [3.05, 3.63) is 40.9 Å². The lowest BCUT2D eigenvalue weighted by Gasteiger charge is -2.00. The molecule has 15 heavy (non-hydrogen) atoms. The second-order valence-electron chi connectivity index (χ2n) is 2.91. The van der Waals surface area contributed by atoms with Crippen LogP contribution in [0.3, 0.4) is 0 Å². The van der Waals surface area contributed by atoms with E-state index in [1.807, 2.05) is 0 Å². The van der Waals surface area contributed by atoms with Gasteiger partial charge in [0.1, 0.15) is 11.5 Å². The number of aliphatic hydroxyl groups is 1. The van der Waals surface area contributed by atoms with Crippen LogP contribution in [0.15, 0.2) is 24.4 Å². The summed E-state index contributed by atoms with van der Waals surface area (Å²) in [6, 6.07) is 4.21. The molecule has 0 fully saturated rings. The summed E-state index contributed by atoms with van der Waals surface area (Å²) in [7, 11) is 0. The van der Waals surface area contributed by atoms with Gasteiger partial charge in [-0.05, 0) is 18.2 Å². The van der Waals surface area contributed by atoms with Gasteiger partial charge in [-0.2, -0.15) is 0 Å². The van der Waals surface area contributed by atoms with E-state index in [0.29, 0.717) is 11.4 Å². The average molecular weight is 228 g/mol. The van der Waals surface area contributed by atoms with Crippen molar-refractivity contribution in [1.82, 2.24) is 15.0 Å². The van der Waals surface area contributed by atoms with Crippen LogP contribution in [0, 0.1) is 5.82 Å². The summed E-state index contributed by atoms with van der Waals surface area (Å²) < 4.78 is 14.3. The number of nitrogens with zero attached hydrogens (tertiary/aromatic N) is 3. The van der Waals surface area contributed by atoms with Gasteiger partial charge in [-0.15, -0.1) is 5.10 Å². The van der Waals surface area contributed by atoms with Gasteiger partial charge in [-0.3, -0.25) is 0 Å². The van der Waals surface area contributed by atoms with Gasteiger partial charge in [-0.25, -0.2) is 9.07 Å². The second kappa shape index (κ2) is 3.96. The predicted molar refractivity (Wildman–Crippen MR) is 52.2 cm³/mol. The topological polar surface area (TPSA) is 50.9 Å². The summed E-state index contributed by atoms with van der Waals surface area (Å²) in [6.07, 6.45) is 1.55. The lowest BCUT2D eigenvalue weighted by atomic mass is 10.3. The Morgan fingerprint density at radius 2 is 2.27 bits per heavy atom. The van der Waals surface area contributed by atoms with Crippen LogP contribution in [-0.4, -0.2) is 20.1 Å². The maximum Gasteiger partial charge on any atom is 0.141 e. The highest BCUT2D eigenvalue weighted by molar-refractivity contribution is 6.30. The Kier molecular flexibility index (Phi) is 2.66. The Hall–Kier alpha value is -1.46. The normalized spacial score (nSPS) is 10.6. The number of aromatic nitrogens is 3. The average Bonchev–Trinajstić information content (AvgIpc) is 2.70. The van der Waals surface area contributed by atoms with Crippen molar-refractivity contribution in [2.75, 3.05) is 0 Å². The van der Waals surface area contributed by atoms with Crippen LogP contribution >= 0.6 is 11.6 Å². The number of hydrogen-bond acceptors (Lipinski definition) is 3. The Morgan fingerprint density at radius 3 is 2.87 bits per heavy atom. The zero-order valence-corrected chi connectivity index (χ0v) is 8.32. The Labute approximate surface area is 89.9 Å². The molecule has 78 valence electrons. The quantitative estimate of drug-likeness (QED) is 0.847. The Morgan fingerprint density at radius 1 is 1.47 bits per heavy atom. The highest BCUT2D eigenvalue weighted by Gasteiger charge is 2.04. The van der Waals surface area contributed by atoms with Gasteiger partial charge in [0.2, 0.25) is 0 Å². The molecule has 0 spiro atoms. The largest absolute Gasteiger partial charge is 0.390 e. The van der Waals surface area contributed by atoms with Gasteiger partial charge in [-0.1, -0.05) is 16.8 Å². The van der Waals surface area contributed by atoms with E-state index in [4.69, 9.17) is 16.7 Å². The lowest BCUT2D eigenvalue weighted by molar-refractivity contribution is 0.276. The number of halogens is 2. The van der Waals surface area contributed by atoms with E-state index in [2.05, 4.69) is 10.3 Å². The van der Waals surface area contributed by atoms with E-state index >= 15 is 0 Å². The van der Waals surface area contributed by atoms with Crippen molar-refractivity contribution >= 4 is 11.6 Å². The summed E-state index contributed by atoms with van der Waals surface area (Å²) >= 11 is 5.62. The first kappa shape index (κ1) is 10.1. The van der Waals surface area contributed by atoms with Crippen molar-refractivity contribution in [1.29, 1.82) is 0 Å². The molecule has 1 heterocycles. The molecule has 0 unspecified atom stereocenters. The van der Waals surface area contributed by atoms with Crippen molar-refractivity contribution < 1.29 is 9.50 Å². The molecule has 0 radical (unpaired) electrons. The molecule has 1 aromatic heterocycles. The van der Waals surface area contributed by atoms with Crippen LogP contribution < -0.4 is 0 Å². The number of aliphatic hydroxyl groups excluding tert-OH is 1. The summed E-state index contributed by atoms with van der Waals surface area (Å²) in [6.45, 7) is -0.186. The minimum absolute atomic E-state index is 0.0218. The van der Waals surface area contributed by atoms with Crippen LogP contribution in [0.25, 0.3) is 5.69 Å². The minimum Gasteiger partial charge on any atom is -0.390 e. The van der Waals surface area contributed by atoms with Crippen molar-refractivity contribution in [3.8, 4) is 5.69 Å². The molecule has 0 amide bonds. The summed E-state index contributed by atoms with van der Waals surface area (Å²) in [4.78, 5) is 0. The van der Waals surface area contributed by atoms with Crippen molar-refractivity contribution in [2.45, 2.75) is 6.61 Å². The third kappa shape index (κ3) is 1.98. The third-order valence-electron chi connectivity index (χ3n) is 1.87. The van der Waals surface area contributed by atoms with Gasteiger partial charge in [0.05, 0.1) is 23.5 Å². The third-order valence-corrected chi connectivity index (χ3v) is 2.16. The van der Waals surface area contributed by atoms with Crippen LogP contribution in [0.1, 0.15) is 5.69 Å². The van der Waals surface area contributed by atoms with Crippen LogP contribution in [0.5, 0.6) is 0 Å². The standard InChI is InChI=1S/C9H7ClFN3O/c10-8-3-7(1-2-9(8)11)14-4-6(5-15)12-13-14/h1-4,15H,5H2. The van der Waals surface area contributed by atoms with Gasteiger partial charge in [0, 0.05) is 0 Å². The van der Waals surface area contributed by atoms with E-state index in [1.54, 1.807) is 6.20 Å². The number of rotatable bonds is 2. The lowest BCUT2D eigenvalue weighted by Crippen LogP contribution is -1.95. The summed E-state index contributed by atoms with van der Waals surface area (Å²) in [5.74, 6) is -0.483. The maximum atomic E-state index is 12.9. The van der Waals surface area contributed by atoms with E-state index < -0.39 is 5.82 Å². The molecule has 6 heteroatoms. The highest BCUT2D eigenvalue weighted by atomic mass is 35.5. The molecule has 0 saturated heterocycles. The van der Waals surface area contributed by atoms with E-state index in [-0.39, 0.29) is 11.6 Å². The molecule has 1 aromatic carbocycles. The molecule has 4 nitrogen and oxygen atoms in total.